The molecule has 0 rings (SSSR count). The van der Waals surface area contributed by atoms with Crippen LogP contribution in [-0.4, -0.2) is 54.9 Å². The average molecular weight is 224 g/mol. The fourth-order valence-corrected chi connectivity index (χ4v) is 1.14. The summed E-state index contributed by atoms with van der Waals surface area (Å²) < 4.78 is 0. The van der Waals surface area contributed by atoms with Crippen LogP contribution >= 0.6 is 0 Å². The van der Waals surface area contributed by atoms with Crippen molar-refractivity contribution in [2.24, 2.45) is 5.92 Å². The molecule has 0 saturated heterocycles. The molecule has 6 heteroatoms. The van der Waals surface area contributed by atoms with Crippen LogP contribution in [0.5, 0.6) is 0 Å². The van der Waals surface area contributed by atoms with E-state index < -0.39 is 23.6 Å². The van der Waals surface area contributed by atoms with Crippen LogP contribution in [0.1, 0.15) is 26.7 Å². The number of rotatable bonds is 6. The third-order valence-electron chi connectivity index (χ3n) is 2.57. The Bertz CT molecular complexity index is 186. The Labute approximate surface area is 88.4 Å². The molecule has 0 fully saturated rings. The van der Waals surface area contributed by atoms with Crippen molar-refractivity contribution in [2.75, 3.05) is 6.61 Å². The molecule has 0 aliphatic heterocycles. The lowest BCUT2D eigenvalue weighted by Gasteiger charge is -2.32. The molecule has 0 radical (unpaired) electrons. The van der Waals surface area contributed by atoms with Gasteiger partial charge in [-0.3, -0.25) is 0 Å². The molecule has 0 spiro atoms. The van der Waals surface area contributed by atoms with Gasteiger partial charge in [-0.1, -0.05) is 6.92 Å². The average Bonchev–Trinajstić information content (AvgIpc) is 2.01. The molecule has 0 aliphatic rings. The maximum absolute atomic E-state index is 9.64. The Kier molecular flexibility index (Phi) is 5.12. The van der Waals surface area contributed by atoms with Crippen LogP contribution < -0.4 is 0 Å². The van der Waals surface area contributed by atoms with Gasteiger partial charge in [-0.2, -0.15) is 0 Å². The van der Waals surface area contributed by atoms with Crippen LogP contribution in [0.2, 0.25) is 0 Å². The van der Waals surface area contributed by atoms with Gasteiger partial charge in [0, 0.05) is 18.9 Å². The molecule has 3 unspecified atom stereocenters. The largest absolute Gasteiger partial charge is 0.396 e. The van der Waals surface area contributed by atoms with Crippen LogP contribution in [0, 0.1) is 5.92 Å². The monoisotopic (exact) mass is 224 g/mol. The zero-order valence-electron chi connectivity index (χ0n) is 8.96. The summed E-state index contributed by atoms with van der Waals surface area (Å²) in [5.74, 6) is -3.89. The highest BCUT2D eigenvalue weighted by molar-refractivity contribution is 4.83. The summed E-state index contributed by atoms with van der Waals surface area (Å²) in [5, 5.41) is 54.2. The fourth-order valence-electron chi connectivity index (χ4n) is 1.14. The first-order chi connectivity index (χ1) is 6.61. The summed E-state index contributed by atoms with van der Waals surface area (Å²) >= 11 is 0. The second kappa shape index (κ2) is 5.20. The molecule has 3 atom stereocenters. The summed E-state index contributed by atoms with van der Waals surface area (Å²) in [5.41, 5.74) is -1.52. The first-order valence-corrected chi connectivity index (χ1v) is 4.79. The van der Waals surface area contributed by atoms with Crippen molar-refractivity contribution >= 4 is 0 Å². The molecule has 92 valence electrons. The van der Waals surface area contributed by atoms with E-state index in [0.29, 0.717) is 0 Å². The Hall–Kier alpha value is -0.240. The van der Waals surface area contributed by atoms with E-state index in [9.17, 15) is 10.2 Å². The van der Waals surface area contributed by atoms with Crippen molar-refractivity contribution in [3.05, 3.63) is 0 Å². The van der Waals surface area contributed by atoms with Crippen molar-refractivity contribution in [3.63, 3.8) is 0 Å². The van der Waals surface area contributed by atoms with Gasteiger partial charge in [0.1, 0.15) is 0 Å². The number of aliphatic hydroxyl groups is 6. The quantitative estimate of drug-likeness (QED) is 0.294. The predicted molar refractivity (Wildman–Crippen MR) is 51.5 cm³/mol. The van der Waals surface area contributed by atoms with E-state index in [0.717, 1.165) is 0 Å². The highest BCUT2D eigenvalue weighted by Gasteiger charge is 2.36. The van der Waals surface area contributed by atoms with E-state index in [1.54, 1.807) is 0 Å². The van der Waals surface area contributed by atoms with E-state index in [-0.39, 0.29) is 19.4 Å². The second-order valence-corrected chi connectivity index (χ2v) is 4.17. The molecule has 0 heterocycles. The lowest BCUT2D eigenvalue weighted by Crippen LogP contribution is -2.45. The van der Waals surface area contributed by atoms with E-state index >= 15 is 0 Å². The Morgan fingerprint density at radius 2 is 1.60 bits per heavy atom. The van der Waals surface area contributed by atoms with Gasteiger partial charge in [0.15, 0.2) is 0 Å². The lowest BCUT2D eigenvalue weighted by molar-refractivity contribution is -0.343. The topological polar surface area (TPSA) is 121 Å². The van der Waals surface area contributed by atoms with Crippen molar-refractivity contribution in [1.29, 1.82) is 0 Å². The zero-order chi connectivity index (χ0) is 12.3. The maximum atomic E-state index is 9.64. The minimum atomic E-state index is -2.88. The molecule has 0 aromatic heterocycles. The van der Waals surface area contributed by atoms with E-state index in [1.807, 2.05) is 0 Å². The Balaban J connectivity index is 4.30. The molecule has 15 heavy (non-hydrogen) atoms. The van der Waals surface area contributed by atoms with Crippen LogP contribution in [0.4, 0.5) is 0 Å². The first kappa shape index (κ1) is 14.8. The third kappa shape index (κ3) is 4.87. The summed E-state index contributed by atoms with van der Waals surface area (Å²) in [6.07, 6.45) is -1.49. The third-order valence-corrected chi connectivity index (χ3v) is 2.57. The summed E-state index contributed by atoms with van der Waals surface area (Å²) in [6.45, 7) is 2.35. The SMILES string of the molecule is CC(CC(O)C(C)(O)CCO)C(O)(O)O. The molecule has 6 nitrogen and oxygen atoms in total. The Morgan fingerprint density at radius 1 is 1.13 bits per heavy atom. The summed E-state index contributed by atoms with van der Waals surface area (Å²) in [4.78, 5) is 0. The van der Waals surface area contributed by atoms with Gasteiger partial charge in [0.25, 0.3) is 5.97 Å². The Morgan fingerprint density at radius 3 is 1.93 bits per heavy atom. The molecule has 6 N–H and O–H groups in total. The highest BCUT2D eigenvalue weighted by Crippen LogP contribution is 2.24. The smallest absolute Gasteiger partial charge is 0.278 e. The van der Waals surface area contributed by atoms with Crippen molar-refractivity contribution in [2.45, 2.75) is 44.4 Å². The predicted octanol–water partition coefficient (Wildman–Crippen LogP) is -1.86. The highest BCUT2D eigenvalue weighted by atomic mass is 16.7. The van der Waals surface area contributed by atoms with Gasteiger partial charge < -0.3 is 30.6 Å². The number of hydrogen-bond acceptors (Lipinski definition) is 6. The molecule has 0 aliphatic carbocycles. The van der Waals surface area contributed by atoms with Crippen molar-refractivity contribution in [1.82, 2.24) is 0 Å². The van der Waals surface area contributed by atoms with Gasteiger partial charge in [0.05, 0.1) is 11.7 Å². The fraction of sp³-hybridized carbons (Fsp3) is 1.00. The molecule has 0 aromatic carbocycles. The minimum absolute atomic E-state index is 0.0316. The molecular formula is C9H20O6. The van der Waals surface area contributed by atoms with Crippen molar-refractivity contribution < 1.29 is 30.6 Å². The van der Waals surface area contributed by atoms with Gasteiger partial charge in [-0.25, -0.2) is 0 Å². The van der Waals surface area contributed by atoms with Crippen LogP contribution in [0.3, 0.4) is 0 Å². The van der Waals surface area contributed by atoms with Gasteiger partial charge >= 0.3 is 0 Å². The van der Waals surface area contributed by atoms with Gasteiger partial charge in [-0.15, -0.1) is 0 Å². The number of aliphatic hydroxyl groups excluding tert-OH is 2. The minimum Gasteiger partial charge on any atom is -0.396 e. The molecule has 0 bridgehead atoms. The first-order valence-electron chi connectivity index (χ1n) is 4.79. The van der Waals surface area contributed by atoms with Crippen LogP contribution in [0.15, 0.2) is 0 Å². The molecule has 0 aromatic rings. The van der Waals surface area contributed by atoms with Crippen LogP contribution in [0.25, 0.3) is 0 Å². The molecule has 0 saturated carbocycles. The van der Waals surface area contributed by atoms with E-state index in [1.165, 1.54) is 13.8 Å². The van der Waals surface area contributed by atoms with Crippen LogP contribution in [-0.2, 0) is 0 Å². The summed E-state index contributed by atoms with van der Waals surface area (Å²) in [6, 6.07) is 0. The normalized spacial score (nSPS) is 20.8. The number of hydrogen-bond donors (Lipinski definition) is 6. The standard InChI is InChI=1S/C9H20O6/c1-6(9(13,14)15)5-7(11)8(2,12)3-4-10/h6-7,10-15H,3-5H2,1-2H3. The molecule has 0 amide bonds. The lowest BCUT2D eigenvalue weighted by atomic mass is 9.88. The molecular weight excluding hydrogens is 204 g/mol. The van der Waals surface area contributed by atoms with Gasteiger partial charge in [0.2, 0.25) is 0 Å². The summed E-state index contributed by atoms with van der Waals surface area (Å²) in [7, 11) is 0. The van der Waals surface area contributed by atoms with Gasteiger partial charge in [-0.05, 0) is 13.3 Å². The van der Waals surface area contributed by atoms with Crippen molar-refractivity contribution in [3.8, 4) is 0 Å². The zero-order valence-corrected chi connectivity index (χ0v) is 8.96. The van der Waals surface area contributed by atoms with E-state index in [4.69, 9.17) is 20.4 Å². The van der Waals surface area contributed by atoms with E-state index in [2.05, 4.69) is 0 Å². The maximum Gasteiger partial charge on any atom is 0.278 e. The second-order valence-electron chi connectivity index (χ2n) is 4.17.